The summed E-state index contributed by atoms with van der Waals surface area (Å²) in [5.74, 6) is -0.106. The highest BCUT2D eigenvalue weighted by molar-refractivity contribution is 6.36. The molecule has 0 bridgehead atoms. The lowest BCUT2D eigenvalue weighted by Crippen LogP contribution is -2.63. The van der Waals surface area contributed by atoms with E-state index in [9.17, 15) is 9.90 Å². The quantitative estimate of drug-likeness (QED) is 0.444. The summed E-state index contributed by atoms with van der Waals surface area (Å²) in [6.45, 7) is 4.84. The van der Waals surface area contributed by atoms with Crippen LogP contribution in [0, 0.1) is 5.82 Å². The number of hydrogen-bond acceptors (Lipinski definition) is 6. The maximum Gasteiger partial charge on any atom is 0.246 e. The zero-order valence-corrected chi connectivity index (χ0v) is 18.7. The van der Waals surface area contributed by atoms with E-state index in [0.29, 0.717) is 45.7 Å². The molecule has 0 aliphatic carbocycles. The van der Waals surface area contributed by atoms with Crippen LogP contribution in [0.3, 0.4) is 0 Å². The highest BCUT2D eigenvalue weighted by atomic mass is 35.5. The Kier molecular flexibility index (Phi) is 4.67. The summed E-state index contributed by atoms with van der Waals surface area (Å²) in [6, 6.07) is 8.51. The van der Waals surface area contributed by atoms with Crippen LogP contribution in [-0.4, -0.2) is 56.0 Å². The third-order valence-electron chi connectivity index (χ3n) is 6.79. The minimum absolute atomic E-state index is 0.0130. The highest BCUT2D eigenvalue weighted by Gasteiger charge is 2.49. The molecule has 2 atom stereocenters. The fraction of sp³-hybridized carbons (Fsp3) is 0.200. The van der Waals surface area contributed by atoms with Gasteiger partial charge in [-0.1, -0.05) is 30.3 Å². The first kappa shape index (κ1) is 20.8. The largest absolute Gasteiger partial charge is 0.508 e. The Hall–Kier alpha value is -3.78. The number of nitrogens with zero attached hydrogens (tertiary/aromatic N) is 5. The smallest absolute Gasteiger partial charge is 0.246 e. The van der Waals surface area contributed by atoms with E-state index in [1.54, 1.807) is 30.5 Å². The second-order valence-electron chi connectivity index (χ2n) is 8.52. The van der Waals surface area contributed by atoms with Crippen molar-refractivity contribution in [3.63, 3.8) is 0 Å². The van der Waals surface area contributed by atoms with Crippen LogP contribution in [0.5, 0.6) is 5.75 Å². The Labute approximate surface area is 199 Å². The standard InChI is InChI=1S/C25H19ClFN5O2/c1-2-20(34)31-7-6-18-19(31)11-32(18)25-16-10-28-23(22(27)24(16)29-12-30-25)15-9-14(33)8-13-4-3-5-17(26)21(13)15/h2-5,8-10,12,18-19,33H,1,6-7,11H2/t18-,19-/m1/s1. The van der Waals surface area contributed by atoms with Crippen LogP contribution < -0.4 is 4.90 Å². The molecule has 4 heterocycles. The maximum absolute atomic E-state index is 15.8. The first-order valence-corrected chi connectivity index (χ1v) is 11.3. The second kappa shape index (κ2) is 7.63. The Morgan fingerprint density at radius 1 is 1.24 bits per heavy atom. The van der Waals surface area contributed by atoms with Crippen LogP contribution in [0.4, 0.5) is 10.2 Å². The molecule has 2 aromatic heterocycles. The van der Waals surface area contributed by atoms with Gasteiger partial charge in [0.2, 0.25) is 5.91 Å². The molecule has 1 N–H and O–H groups in total. The molecule has 1 amide bonds. The number of benzene rings is 2. The summed E-state index contributed by atoms with van der Waals surface area (Å²) in [5, 5.41) is 12.4. The van der Waals surface area contributed by atoms with Gasteiger partial charge in [-0.2, -0.15) is 0 Å². The molecular formula is C25H19ClFN5O2. The number of aromatic hydroxyl groups is 1. The normalized spacial score (nSPS) is 19.4. The van der Waals surface area contributed by atoms with Gasteiger partial charge >= 0.3 is 0 Å². The zero-order chi connectivity index (χ0) is 23.6. The van der Waals surface area contributed by atoms with E-state index in [4.69, 9.17) is 11.6 Å². The Morgan fingerprint density at radius 3 is 2.91 bits per heavy atom. The number of aromatic nitrogens is 3. The molecule has 0 saturated carbocycles. The van der Waals surface area contributed by atoms with Crippen molar-refractivity contribution in [1.29, 1.82) is 0 Å². The molecule has 2 fully saturated rings. The fourth-order valence-electron chi connectivity index (χ4n) is 5.20. The molecule has 6 rings (SSSR count). The number of carbonyl (C=O) groups excluding carboxylic acids is 1. The number of hydrogen-bond donors (Lipinski definition) is 1. The van der Waals surface area contributed by atoms with Gasteiger partial charge in [0.05, 0.1) is 17.5 Å². The van der Waals surface area contributed by atoms with E-state index >= 15 is 4.39 Å². The SMILES string of the molecule is C=CC(=O)N1CC[C@@H]2[C@H]1CN2c1ncnc2c(F)c(-c3cc(O)cc4cccc(Cl)c34)ncc12. The third kappa shape index (κ3) is 2.95. The number of carbonyl (C=O) groups is 1. The predicted molar refractivity (Wildman–Crippen MR) is 128 cm³/mol. The minimum Gasteiger partial charge on any atom is -0.508 e. The summed E-state index contributed by atoms with van der Waals surface area (Å²) in [6.07, 6.45) is 5.04. The summed E-state index contributed by atoms with van der Waals surface area (Å²) < 4.78 is 15.8. The number of phenols is 1. The van der Waals surface area contributed by atoms with Crippen molar-refractivity contribution in [2.24, 2.45) is 0 Å². The van der Waals surface area contributed by atoms with Crippen molar-refractivity contribution in [2.75, 3.05) is 18.0 Å². The summed E-state index contributed by atoms with van der Waals surface area (Å²) in [4.78, 5) is 29.1. The van der Waals surface area contributed by atoms with Crippen molar-refractivity contribution in [2.45, 2.75) is 18.5 Å². The van der Waals surface area contributed by atoms with Crippen LogP contribution in [0.25, 0.3) is 32.9 Å². The molecule has 7 nitrogen and oxygen atoms in total. The molecule has 0 radical (unpaired) electrons. The summed E-state index contributed by atoms with van der Waals surface area (Å²) >= 11 is 6.43. The lowest BCUT2D eigenvalue weighted by molar-refractivity contribution is -0.127. The Bertz CT molecular complexity index is 1510. The van der Waals surface area contributed by atoms with Crippen LogP contribution in [0.2, 0.25) is 5.02 Å². The molecule has 2 aliphatic heterocycles. The van der Waals surface area contributed by atoms with E-state index in [2.05, 4.69) is 26.4 Å². The molecule has 2 aromatic carbocycles. The third-order valence-corrected chi connectivity index (χ3v) is 7.11. The van der Waals surface area contributed by atoms with Crippen LogP contribution in [0.1, 0.15) is 6.42 Å². The van der Waals surface area contributed by atoms with E-state index in [1.165, 1.54) is 18.5 Å². The van der Waals surface area contributed by atoms with Crippen molar-refractivity contribution < 1.29 is 14.3 Å². The van der Waals surface area contributed by atoms with Crippen molar-refractivity contribution in [3.05, 3.63) is 66.4 Å². The number of fused-ring (bicyclic) bond motifs is 3. The molecule has 4 aromatic rings. The topological polar surface area (TPSA) is 82.5 Å². The van der Waals surface area contributed by atoms with E-state index in [-0.39, 0.29) is 35.0 Å². The molecule has 34 heavy (non-hydrogen) atoms. The number of amides is 1. The van der Waals surface area contributed by atoms with Gasteiger partial charge in [-0.05, 0) is 36.1 Å². The average molecular weight is 476 g/mol. The van der Waals surface area contributed by atoms with Gasteiger partial charge in [0.15, 0.2) is 5.82 Å². The van der Waals surface area contributed by atoms with Gasteiger partial charge in [0, 0.05) is 35.3 Å². The maximum atomic E-state index is 15.8. The number of anilines is 1. The second-order valence-corrected chi connectivity index (χ2v) is 8.93. The highest BCUT2D eigenvalue weighted by Crippen LogP contribution is 2.41. The monoisotopic (exact) mass is 475 g/mol. The first-order chi connectivity index (χ1) is 16.5. The van der Waals surface area contributed by atoms with Crippen molar-refractivity contribution >= 4 is 45.0 Å². The molecule has 0 unspecified atom stereocenters. The molecule has 9 heteroatoms. The van der Waals surface area contributed by atoms with Gasteiger partial charge in [-0.25, -0.2) is 14.4 Å². The number of pyridine rings is 1. The average Bonchev–Trinajstić information content (AvgIpc) is 3.14. The Balaban J connectivity index is 1.45. The van der Waals surface area contributed by atoms with Crippen LogP contribution in [-0.2, 0) is 4.79 Å². The lowest BCUT2D eigenvalue weighted by Gasteiger charge is -2.47. The summed E-state index contributed by atoms with van der Waals surface area (Å²) in [5.41, 5.74) is 0.578. The van der Waals surface area contributed by atoms with Crippen LogP contribution >= 0.6 is 11.6 Å². The van der Waals surface area contributed by atoms with Gasteiger partial charge in [-0.3, -0.25) is 9.78 Å². The number of halogens is 2. The Morgan fingerprint density at radius 2 is 2.09 bits per heavy atom. The van der Waals surface area contributed by atoms with E-state index in [1.807, 2.05) is 4.90 Å². The lowest BCUT2D eigenvalue weighted by atomic mass is 9.96. The molecule has 2 aliphatic rings. The molecule has 0 spiro atoms. The van der Waals surface area contributed by atoms with Gasteiger partial charge < -0.3 is 14.9 Å². The summed E-state index contributed by atoms with van der Waals surface area (Å²) in [7, 11) is 0. The van der Waals surface area contributed by atoms with Crippen molar-refractivity contribution in [3.8, 4) is 17.0 Å². The molecular weight excluding hydrogens is 457 g/mol. The predicted octanol–water partition coefficient (Wildman–Crippen LogP) is 4.32. The number of phenolic OH excluding ortho intramolecular Hbond substituents is 1. The van der Waals surface area contributed by atoms with E-state index in [0.717, 1.165) is 6.42 Å². The first-order valence-electron chi connectivity index (χ1n) is 10.9. The zero-order valence-electron chi connectivity index (χ0n) is 17.9. The van der Waals surface area contributed by atoms with E-state index < -0.39 is 5.82 Å². The molecule has 2 saturated heterocycles. The molecule has 170 valence electrons. The minimum atomic E-state index is -0.611. The van der Waals surface area contributed by atoms with Gasteiger partial charge in [0.25, 0.3) is 0 Å². The van der Waals surface area contributed by atoms with Crippen molar-refractivity contribution in [1.82, 2.24) is 19.9 Å². The number of rotatable bonds is 3. The van der Waals surface area contributed by atoms with Gasteiger partial charge in [0.1, 0.15) is 29.1 Å². The van der Waals surface area contributed by atoms with Gasteiger partial charge in [-0.15, -0.1) is 0 Å². The van der Waals surface area contributed by atoms with Crippen LogP contribution in [0.15, 0.2) is 55.5 Å². The fourth-order valence-corrected chi connectivity index (χ4v) is 5.49. The number of likely N-dealkylation sites (tertiary alicyclic amines) is 1.